The number of aromatic nitrogens is 2. The largest absolute Gasteiger partial charge is 0.480 e. The summed E-state index contributed by atoms with van der Waals surface area (Å²) in [7, 11) is 0.949. The van der Waals surface area contributed by atoms with Crippen LogP contribution in [0.25, 0.3) is 0 Å². The van der Waals surface area contributed by atoms with E-state index in [1.807, 2.05) is 11.2 Å². The fraction of sp³-hybridized carbons (Fsp3) is 0.545. The Bertz CT molecular complexity index is 449. The van der Waals surface area contributed by atoms with Crippen molar-refractivity contribution < 1.29 is 19.7 Å². The van der Waals surface area contributed by atoms with E-state index in [1.54, 1.807) is 12.5 Å². The van der Waals surface area contributed by atoms with E-state index in [0.29, 0.717) is 5.69 Å². The van der Waals surface area contributed by atoms with E-state index in [4.69, 9.17) is 5.11 Å². The molecular weight excluding hydrogens is 269 g/mol. The Morgan fingerprint density at radius 1 is 1.74 bits per heavy atom. The summed E-state index contributed by atoms with van der Waals surface area (Å²) in [6.45, 7) is 2.05. The number of imidazole rings is 1. The summed E-state index contributed by atoms with van der Waals surface area (Å²) >= 11 is 0. The third-order valence-electron chi connectivity index (χ3n) is 2.37. The predicted octanol–water partition coefficient (Wildman–Crippen LogP) is -0.108. The highest BCUT2D eigenvalue weighted by Gasteiger charge is 2.21. The number of hydrogen-bond donors (Lipinski definition) is 3. The van der Waals surface area contributed by atoms with Gasteiger partial charge in [0.2, 0.25) is 6.41 Å². The molecule has 0 aliphatic heterocycles. The van der Waals surface area contributed by atoms with Gasteiger partial charge in [-0.3, -0.25) is 14.7 Å². The molecule has 0 fully saturated rings. The van der Waals surface area contributed by atoms with Gasteiger partial charge in [-0.15, -0.1) is 0 Å². The Kier molecular flexibility index (Phi) is 6.11. The molecular formula is C11H19N3O4P+. The van der Waals surface area contributed by atoms with E-state index in [-0.39, 0.29) is 14.0 Å². The molecule has 0 amide bonds. The van der Waals surface area contributed by atoms with Crippen molar-refractivity contribution in [1.82, 2.24) is 14.9 Å². The lowest BCUT2D eigenvalue weighted by atomic mass is 10.2. The number of nitrogens with one attached hydrogen (secondary N) is 1. The average molecular weight is 288 g/mol. The van der Waals surface area contributed by atoms with Gasteiger partial charge in [-0.25, -0.2) is 4.98 Å². The lowest BCUT2D eigenvalue weighted by Crippen LogP contribution is -2.45. The topological polar surface area (TPSA) is 96.6 Å². The summed E-state index contributed by atoms with van der Waals surface area (Å²) in [5.74, 6) is -1.07. The molecule has 1 heterocycles. The van der Waals surface area contributed by atoms with E-state index in [9.17, 15) is 9.90 Å². The maximum atomic E-state index is 11.1. The Balaban J connectivity index is 2.66. The molecule has 19 heavy (non-hydrogen) atoms. The van der Waals surface area contributed by atoms with Crippen LogP contribution in [-0.2, 0) is 22.2 Å². The Morgan fingerprint density at radius 3 is 2.95 bits per heavy atom. The lowest BCUT2D eigenvalue weighted by molar-refractivity contribution is -0.147. The number of carboxylic acid groups (broad SMARTS) is 1. The molecule has 0 aromatic carbocycles. The predicted molar refractivity (Wildman–Crippen MR) is 73.5 cm³/mol. The number of aliphatic hydroxyl groups is 1. The van der Waals surface area contributed by atoms with Crippen LogP contribution in [0.1, 0.15) is 5.69 Å². The van der Waals surface area contributed by atoms with Crippen LogP contribution in [0.3, 0.4) is 0 Å². The molecule has 0 aliphatic carbocycles. The zero-order valence-corrected chi connectivity index (χ0v) is 11.9. The number of aliphatic carboxylic acids is 1. The first kappa shape index (κ1) is 15.8. The first-order valence-corrected chi connectivity index (χ1v) is 7.80. The van der Waals surface area contributed by atoms with Crippen LogP contribution >= 0.6 is 7.55 Å². The standard InChI is InChI=1S/C11H18N3O4P/c1-18-11(17)13-9(10(15)16)4-8-5-14(6-12-8)7-19(2)3/h5-6,9,11,13,17H,2,4,7H2,1,3H3/p+1. The third kappa shape index (κ3) is 5.48. The SMILES string of the molecule is C=[P+](C)Cn1cnc(CC(NC(O)OC)C(=O)O)c1. The van der Waals surface area contributed by atoms with Crippen molar-refractivity contribution >= 4 is 19.8 Å². The first-order valence-electron chi connectivity index (χ1n) is 5.64. The summed E-state index contributed by atoms with van der Waals surface area (Å²) in [5.41, 5.74) is 0.639. The van der Waals surface area contributed by atoms with E-state index < -0.39 is 18.4 Å². The van der Waals surface area contributed by atoms with Gasteiger partial charge in [-0.1, -0.05) is 0 Å². The van der Waals surface area contributed by atoms with Crippen LogP contribution in [0.5, 0.6) is 0 Å². The van der Waals surface area contributed by atoms with Crippen LogP contribution in [0.15, 0.2) is 12.5 Å². The van der Waals surface area contributed by atoms with Gasteiger partial charge in [-0.2, -0.15) is 0 Å². The second kappa shape index (κ2) is 7.35. The number of carboxylic acids is 1. The van der Waals surface area contributed by atoms with Gasteiger partial charge in [-0.05, 0) is 0 Å². The monoisotopic (exact) mass is 288 g/mol. The number of rotatable bonds is 8. The van der Waals surface area contributed by atoms with Crippen molar-refractivity contribution in [2.24, 2.45) is 0 Å². The molecule has 0 spiro atoms. The molecule has 8 heteroatoms. The summed E-state index contributed by atoms with van der Waals surface area (Å²) < 4.78 is 6.46. The molecule has 106 valence electrons. The van der Waals surface area contributed by atoms with E-state index >= 15 is 0 Å². The van der Waals surface area contributed by atoms with E-state index in [1.165, 1.54) is 7.11 Å². The fourth-order valence-electron chi connectivity index (χ4n) is 1.53. The molecule has 0 aliphatic rings. The van der Waals surface area contributed by atoms with Crippen LogP contribution in [0.4, 0.5) is 0 Å². The maximum Gasteiger partial charge on any atom is 0.321 e. The molecule has 1 rings (SSSR count). The molecule has 0 bridgehead atoms. The van der Waals surface area contributed by atoms with Crippen molar-refractivity contribution in [2.45, 2.75) is 25.2 Å². The van der Waals surface area contributed by atoms with Crippen LogP contribution in [0.2, 0.25) is 0 Å². The zero-order valence-electron chi connectivity index (χ0n) is 11.0. The number of aliphatic hydroxyl groups excluding tert-OH is 1. The van der Waals surface area contributed by atoms with Crippen molar-refractivity contribution in [1.29, 1.82) is 0 Å². The second-order valence-electron chi connectivity index (χ2n) is 4.23. The molecule has 0 radical (unpaired) electrons. The lowest BCUT2D eigenvalue weighted by Gasteiger charge is -2.16. The van der Waals surface area contributed by atoms with Gasteiger partial charge in [0.15, 0.2) is 6.29 Å². The molecule has 3 unspecified atom stereocenters. The second-order valence-corrected chi connectivity index (χ2v) is 6.22. The maximum absolute atomic E-state index is 11.1. The summed E-state index contributed by atoms with van der Waals surface area (Å²) in [6, 6.07) is -0.957. The Morgan fingerprint density at radius 2 is 2.42 bits per heavy atom. The van der Waals surface area contributed by atoms with Gasteiger partial charge in [0.05, 0.1) is 25.0 Å². The first-order chi connectivity index (χ1) is 8.92. The Hall–Kier alpha value is -1.27. The van der Waals surface area contributed by atoms with Crippen LogP contribution in [0, 0.1) is 0 Å². The van der Waals surface area contributed by atoms with Crippen molar-refractivity contribution in [3.8, 4) is 0 Å². The normalized spacial score (nSPS) is 15.0. The highest BCUT2D eigenvalue weighted by molar-refractivity contribution is 7.53. The summed E-state index contributed by atoms with van der Waals surface area (Å²) in [5, 5.41) is 20.8. The highest BCUT2D eigenvalue weighted by atomic mass is 31.1. The molecule has 1 aromatic heterocycles. The molecule has 3 N–H and O–H groups in total. The third-order valence-corrected chi connectivity index (χ3v) is 3.18. The number of nitrogens with zero attached hydrogens (tertiary/aromatic N) is 2. The van der Waals surface area contributed by atoms with Crippen molar-refractivity contribution in [3.05, 3.63) is 18.2 Å². The number of methoxy groups -OCH3 is 1. The van der Waals surface area contributed by atoms with Gasteiger partial charge >= 0.3 is 5.97 Å². The number of ether oxygens (including phenoxy) is 1. The minimum atomic E-state index is -1.31. The van der Waals surface area contributed by atoms with E-state index in [0.717, 1.165) is 6.29 Å². The minimum Gasteiger partial charge on any atom is -0.480 e. The number of hydrogen-bond acceptors (Lipinski definition) is 5. The zero-order chi connectivity index (χ0) is 14.4. The summed E-state index contributed by atoms with van der Waals surface area (Å²) in [6.07, 6.45) is 7.03. The fourth-order valence-corrected chi connectivity index (χ4v) is 2.25. The van der Waals surface area contributed by atoms with Crippen molar-refractivity contribution in [2.75, 3.05) is 13.8 Å². The highest BCUT2D eigenvalue weighted by Crippen LogP contribution is 2.16. The smallest absolute Gasteiger partial charge is 0.321 e. The van der Waals surface area contributed by atoms with Crippen LogP contribution < -0.4 is 5.32 Å². The van der Waals surface area contributed by atoms with Gasteiger partial charge in [0.1, 0.15) is 13.6 Å². The minimum absolute atomic E-state index is 0.168. The number of carbonyl (C=O) groups is 1. The molecule has 7 nitrogen and oxygen atoms in total. The summed E-state index contributed by atoms with van der Waals surface area (Å²) in [4.78, 5) is 15.2. The molecule has 0 saturated heterocycles. The molecule has 3 atom stereocenters. The van der Waals surface area contributed by atoms with Crippen LogP contribution in [-0.4, -0.2) is 58.3 Å². The van der Waals surface area contributed by atoms with Gasteiger partial charge < -0.3 is 14.9 Å². The average Bonchev–Trinajstić information content (AvgIpc) is 2.74. The quantitative estimate of drug-likeness (QED) is 0.456. The Labute approximate surface area is 112 Å². The van der Waals surface area contributed by atoms with Gasteiger partial charge in [0.25, 0.3) is 0 Å². The van der Waals surface area contributed by atoms with Gasteiger partial charge in [0, 0.05) is 19.7 Å². The van der Waals surface area contributed by atoms with E-state index in [2.05, 4.69) is 21.3 Å². The van der Waals surface area contributed by atoms with Crippen molar-refractivity contribution in [3.63, 3.8) is 0 Å². The molecule has 1 aromatic rings. The molecule has 0 saturated carbocycles.